The number of hydrogen-bond donors (Lipinski definition) is 2. The van der Waals surface area contributed by atoms with E-state index in [0.29, 0.717) is 12.2 Å². The summed E-state index contributed by atoms with van der Waals surface area (Å²) >= 11 is 0. The van der Waals surface area contributed by atoms with Crippen molar-refractivity contribution in [2.24, 2.45) is 0 Å². The molecule has 0 fully saturated rings. The van der Waals surface area contributed by atoms with Gasteiger partial charge in [-0.1, -0.05) is 30.3 Å². The predicted octanol–water partition coefficient (Wildman–Crippen LogP) is 5.24. The molecule has 0 aliphatic heterocycles. The van der Waals surface area contributed by atoms with Crippen molar-refractivity contribution in [1.29, 1.82) is 0 Å². The van der Waals surface area contributed by atoms with Gasteiger partial charge in [-0.25, -0.2) is 0 Å². The van der Waals surface area contributed by atoms with E-state index in [-0.39, 0.29) is 0 Å². The number of anilines is 2. The minimum Gasteiger partial charge on any atom is -0.456 e. The van der Waals surface area contributed by atoms with E-state index in [0.717, 1.165) is 44.3 Å². The fourth-order valence-electron chi connectivity index (χ4n) is 3.40. The minimum absolute atomic E-state index is 0.635. The van der Waals surface area contributed by atoms with Gasteiger partial charge in [0, 0.05) is 41.5 Å². The van der Waals surface area contributed by atoms with Gasteiger partial charge in [-0.3, -0.25) is 9.97 Å². The summed E-state index contributed by atoms with van der Waals surface area (Å²) in [6, 6.07) is 18.3. The normalized spacial score (nSPS) is 11.1. The van der Waals surface area contributed by atoms with E-state index >= 15 is 0 Å². The summed E-state index contributed by atoms with van der Waals surface area (Å²) in [6.07, 6.45) is 7.11. The first kappa shape index (κ1) is 16.3. The Morgan fingerprint density at radius 3 is 2.71 bits per heavy atom. The lowest BCUT2D eigenvalue weighted by molar-refractivity contribution is 0.632. The van der Waals surface area contributed by atoms with Gasteiger partial charge >= 0.3 is 0 Å². The van der Waals surface area contributed by atoms with Crippen LogP contribution >= 0.6 is 0 Å². The first-order valence-corrected chi connectivity index (χ1v) is 9.07. The highest BCUT2D eigenvalue weighted by atomic mass is 16.3. The number of benzene rings is 2. The van der Waals surface area contributed by atoms with Gasteiger partial charge in [0.05, 0.1) is 17.6 Å². The summed E-state index contributed by atoms with van der Waals surface area (Å²) in [5, 5.41) is 6.64. The first-order valence-electron chi connectivity index (χ1n) is 9.07. The number of pyridine rings is 2. The highest BCUT2D eigenvalue weighted by molar-refractivity contribution is 5.97. The van der Waals surface area contributed by atoms with Crippen molar-refractivity contribution in [3.05, 3.63) is 84.9 Å². The molecule has 0 amide bonds. The molecule has 2 aromatic carbocycles. The molecule has 0 aliphatic rings. The molecule has 0 spiro atoms. The molecule has 5 nitrogen and oxygen atoms in total. The summed E-state index contributed by atoms with van der Waals surface area (Å²) in [6.45, 7) is 0.659. The Labute approximate surface area is 161 Å². The second kappa shape index (κ2) is 6.70. The van der Waals surface area contributed by atoms with Crippen LogP contribution < -0.4 is 11.1 Å². The molecule has 5 rings (SSSR count). The van der Waals surface area contributed by atoms with Crippen molar-refractivity contribution < 1.29 is 4.42 Å². The van der Waals surface area contributed by atoms with Crippen molar-refractivity contribution in [1.82, 2.24) is 9.97 Å². The van der Waals surface area contributed by atoms with Crippen LogP contribution in [0.15, 0.2) is 83.8 Å². The van der Waals surface area contributed by atoms with E-state index in [2.05, 4.69) is 45.6 Å². The monoisotopic (exact) mass is 366 g/mol. The van der Waals surface area contributed by atoms with E-state index in [1.807, 2.05) is 36.7 Å². The zero-order chi connectivity index (χ0) is 18.9. The van der Waals surface area contributed by atoms with E-state index in [9.17, 15) is 0 Å². The largest absolute Gasteiger partial charge is 0.456 e. The number of furan rings is 1. The third-order valence-electron chi connectivity index (χ3n) is 4.85. The number of nitrogens with one attached hydrogen (secondary N) is 1. The van der Waals surface area contributed by atoms with Gasteiger partial charge in [0.15, 0.2) is 0 Å². The zero-order valence-corrected chi connectivity index (χ0v) is 15.1. The average Bonchev–Trinajstić information content (AvgIpc) is 3.16. The molecular formula is C23H18N4O. The molecule has 0 unspecified atom stereocenters. The average molecular weight is 366 g/mol. The summed E-state index contributed by atoms with van der Waals surface area (Å²) in [7, 11) is 0. The van der Waals surface area contributed by atoms with Crippen molar-refractivity contribution >= 4 is 33.1 Å². The Morgan fingerprint density at radius 1 is 0.893 bits per heavy atom. The quantitative estimate of drug-likeness (QED) is 0.455. The van der Waals surface area contributed by atoms with Crippen LogP contribution in [0.25, 0.3) is 33.1 Å². The van der Waals surface area contributed by atoms with Crippen LogP contribution in [-0.2, 0) is 6.54 Å². The predicted molar refractivity (Wildman–Crippen MR) is 113 cm³/mol. The fraction of sp³-hybridized carbons (Fsp3) is 0.0435. The Morgan fingerprint density at radius 2 is 1.82 bits per heavy atom. The van der Waals surface area contributed by atoms with E-state index in [1.165, 1.54) is 0 Å². The molecule has 3 aromatic heterocycles. The molecular weight excluding hydrogens is 348 g/mol. The maximum absolute atomic E-state index is 6.07. The van der Waals surface area contributed by atoms with Crippen molar-refractivity contribution in [2.75, 3.05) is 11.1 Å². The molecule has 5 heteroatoms. The third kappa shape index (κ3) is 2.93. The number of nitrogens with zero attached hydrogens (tertiary/aromatic N) is 2. The lowest BCUT2D eigenvalue weighted by Crippen LogP contribution is -2.02. The standard InChI is InChI=1S/C23H18N4O/c24-20-14-25-8-7-21(20)27-11-15-5-6-17-12-26-13-19(18(17)9-15)23-10-16-3-1-2-4-22(16)28-23/h1-10,12-14H,11,24H2,(H,25,27). The van der Waals surface area contributed by atoms with Gasteiger partial charge in [-0.05, 0) is 35.2 Å². The number of fused-ring (bicyclic) bond motifs is 2. The molecule has 136 valence electrons. The van der Waals surface area contributed by atoms with Gasteiger partial charge in [0.25, 0.3) is 0 Å². The first-order chi connectivity index (χ1) is 13.8. The Bertz CT molecular complexity index is 1260. The lowest BCUT2D eigenvalue weighted by Gasteiger charge is -2.10. The smallest absolute Gasteiger partial charge is 0.137 e. The van der Waals surface area contributed by atoms with Gasteiger partial charge in [0.1, 0.15) is 11.3 Å². The Kier molecular flexibility index (Phi) is 3.91. The number of aromatic nitrogens is 2. The van der Waals surface area contributed by atoms with Crippen molar-refractivity contribution in [3.63, 3.8) is 0 Å². The van der Waals surface area contributed by atoms with Crippen LogP contribution in [0.3, 0.4) is 0 Å². The number of nitrogens with two attached hydrogens (primary N) is 1. The summed E-state index contributed by atoms with van der Waals surface area (Å²) < 4.78 is 6.07. The number of nitrogen functional groups attached to an aromatic ring is 1. The van der Waals surface area contributed by atoms with Crippen LogP contribution in [0.2, 0.25) is 0 Å². The molecule has 28 heavy (non-hydrogen) atoms. The summed E-state index contributed by atoms with van der Waals surface area (Å²) in [4.78, 5) is 8.42. The Balaban J connectivity index is 1.53. The van der Waals surface area contributed by atoms with Crippen molar-refractivity contribution in [3.8, 4) is 11.3 Å². The van der Waals surface area contributed by atoms with Crippen LogP contribution in [0, 0.1) is 0 Å². The number of hydrogen-bond acceptors (Lipinski definition) is 5. The highest BCUT2D eigenvalue weighted by Crippen LogP contribution is 2.33. The van der Waals surface area contributed by atoms with Crippen LogP contribution in [0.1, 0.15) is 5.56 Å². The van der Waals surface area contributed by atoms with Gasteiger partial charge in [0.2, 0.25) is 0 Å². The zero-order valence-electron chi connectivity index (χ0n) is 15.1. The topological polar surface area (TPSA) is 77.0 Å². The van der Waals surface area contributed by atoms with Crippen LogP contribution in [0.4, 0.5) is 11.4 Å². The van der Waals surface area contributed by atoms with Gasteiger partial charge in [-0.2, -0.15) is 0 Å². The molecule has 0 bridgehead atoms. The molecule has 5 aromatic rings. The number of para-hydroxylation sites is 1. The SMILES string of the molecule is Nc1cnccc1NCc1ccc2cncc(-c3cc4ccccc4o3)c2c1. The lowest BCUT2D eigenvalue weighted by atomic mass is 10.0. The summed E-state index contributed by atoms with van der Waals surface area (Å²) in [5.41, 5.74) is 10.5. The van der Waals surface area contributed by atoms with Gasteiger partial charge < -0.3 is 15.5 Å². The highest BCUT2D eigenvalue weighted by Gasteiger charge is 2.11. The van der Waals surface area contributed by atoms with Crippen LogP contribution in [0.5, 0.6) is 0 Å². The molecule has 0 aliphatic carbocycles. The van der Waals surface area contributed by atoms with E-state index in [4.69, 9.17) is 10.2 Å². The Hall–Kier alpha value is -3.86. The molecule has 0 atom stereocenters. The maximum Gasteiger partial charge on any atom is 0.137 e. The molecule has 0 radical (unpaired) electrons. The molecule has 3 heterocycles. The van der Waals surface area contributed by atoms with Gasteiger partial charge in [-0.15, -0.1) is 0 Å². The fourth-order valence-corrected chi connectivity index (χ4v) is 3.40. The number of rotatable bonds is 4. The van der Waals surface area contributed by atoms with Crippen LogP contribution in [-0.4, -0.2) is 9.97 Å². The summed E-state index contributed by atoms with van der Waals surface area (Å²) in [5.74, 6) is 0.822. The van der Waals surface area contributed by atoms with E-state index in [1.54, 1.807) is 12.4 Å². The van der Waals surface area contributed by atoms with Crippen molar-refractivity contribution in [2.45, 2.75) is 6.54 Å². The second-order valence-corrected chi connectivity index (χ2v) is 6.71. The maximum atomic E-state index is 6.07. The minimum atomic E-state index is 0.635. The molecule has 3 N–H and O–H groups in total. The second-order valence-electron chi connectivity index (χ2n) is 6.71. The molecule has 0 saturated carbocycles. The third-order valence-corrected chi connectivity index (χ3v) is 4.85. The molecule has 0 saturated heterocycles. The van der Waals surface area contributed by atoms with E-state index < -0.39 is 0 Å².